The Balaban J connectivity index is 1.89. The van der Waals surface area contributed by atoms with Gasteiger partial charge in [-0.3, -0.25) is 0 Å². The van der Waals surface area contributed by atoms with Crippen molar-refractivity contribution in [2.75, 3.05) is 13.1 Å². The van der Waals surface area contributed by atoms with Gasteiger partial charge >= 0.3 is 0 Å². The van der Waals surface area contributed by atoms with Crippen molar-refractivity contribution in [1.29, 1.82) is 0 Å². The summed E-state index contributed by atoms with van der Waals surface area (Å²) in [4.78, 5) is 0. The summed E-state index contributed by atoms with van der Waals surface area (Å²) in [6, 6.07) is 2.10. The molecule has 1 nitrogen and oxygen atoms in total. The second kappa shape index (κ2) is 4.45. The molecule has 0 saturated carbocycles. The first-order valence-electron chi connectivity index (χ1n) is 4.78. The molecule has 0 aromatic carbocycles. The Morgan fingerprint density at radius 1 is 1.62 bits per heavy atom. The Hall–Kier alpha value is -0.0500. The van der Waals surface area contributed by atoms with Gasteiger partial charge in [-0.15, -0.1) is 11.3 Å². The van der Waals surface area contributed by atoms with E-state index in [-0.39, 0.29) is 0 Å². The van der Waals surface area contributed by atoms with E-state index in [0.29, 0.717) is 0 Å². The maximum absolute atomic E-state index is 5.88. The van der Waals surface area contributed by atoms with Crippen molar-refractivity contribution in [3.05, 3.63) is 21.3 Å². The third-order valence-corrected chi connectivity index (χ3v) is 3.69. The van der Waals surface area contributed by atoms with E-state index in [1.54, 1.807) is 11.3 Å². The van der Waals surface area contributed by atoms with Crippen molar-refractivity contribution < 1.29 is 0 Å². The molecule has 72 valence electrons. The lowest BCUT2D eigenvalue weighted by Crippen LogP contribution is -2.30. The normalized spacial score (nSPS) is 23.3. The molecule has 0 spiro atoms. The van der Waals surface area contributed by atoms with Crippen LogP contribution in [0, 0.1) is 5.92 Å². The van der Waals surface area contributed by atoms with Crippen molar-refractivity contribution in [2.24, 2.45) is 5.92 Å². The van der Waals surface area contributed by atoms with Gasteiger partial charge in [-0.25, -0.2) is 0 Å². The maximum Gasteiger partial charge on any atom is 0.0931 e. The predicted molar refractivity (Wildman–Crippen MR) is 58.6 cm³/mol. The van der Waals surface area contributed by atoms with Crippen LogP contribution in [0.15, 0.2) is 11.4 Å². The fraction of sp³-hybridized carbons (Fsp3) is 0.600. The summed E-state index contributed by atoms with van der Waals surface area (Å²) in [7, 11) is 0. The van der Waals surface area contributed by atoms with Gasteiger partial charge in [-0.05, 0) is 55.3 Å². The van der Waals surface area contributed by atoms with E-state index in [1.165, 1.54) is 37.9 Å². The lowest BCUT2D eigenvalue weighted by atomic mass is 9.94. The molecule has 1 saturated heterocycles. The first-order chi connectivity index (χ1) is 6.34. The van der Waals surface area contributed by atoms with Crippen molar-refractivity contribution >= 4 is 22.9 Å². The molecule has 3 heteroatoms. The Morgan fingerprint density at radius 3 is 3.15 bits per heavy atom. The Kier molecular flexibility index (Phi) is 3.25. The summed E-state index contributed by atoms with van der Waals surface area (Å²) in [6.45, 7) is 2.37. The van der Waals surface area contributed by atoms with Crippen LogP contribution in [-0.2, 0) is 6.42 Å². The molecule has 1 aromatic heterocycles. The zero-order valence-electron chi connectivity index (χ0n) is 7.55. The van der Waals surface area contributed by atoms with Crippen LogP contribution in [-0.4, -0.2) is 13.1 Å². The largest absolute Gasteiger partial charge is 0.316 e. The van der Waals surface area contributed by atoms with E-state index >= 15 is 0 Å². The SMILES string of the molecule is Clc1cc(CC2CCCNC2)cs1. The molecular formula is C10H14ClNS. The molecule has 2 rings (SSSR count). The molecule has 0 amide bonds. The smallest absolute Gasteiger partial charge is 0.0931 e. The van der Waals surface area contributed by atoms with Crippen LogP contribution in [0.1, 0.15) is 18.4 Å². The van der Waals surface area contributed by atoms with Crippen molar-refractivity contribution in [3.63, 3.8) is 0 Å². The van der Waals surface area contributed by atoms with Gasteiger partial charge < -0.3 is 5.32 Å². The van der Waals surface area contributed by atoms with Crippen molar-refractivity contribution in [1.82, 2.24) is 5.32 Å². The lowest BCUT2D eigenvalue weighted by Gasteiger charge is -2.22. The fourth-order valence-electron chi connectivity index (χ4n) is 1.88. The fourth-order valence-corrected chi connectivity index (χ4v) is 2.81. The van der Waals surface area contributed by atoms with Crippen LogP contribution in [0.2, 0.25) is 4.34 Å². The van der Waals surface area contributed by atoms with Crippen LogP contribution in [0.4, 0.5) is 0 Å². The van der Waals surface area contributed by atoms with Crippen molar-refractivity contribution in [3.8, 4) is 0 Å². The van der Waals surface area contributed by atoms with Gasteiger partial charge in [0.15, 0.2) is 0 Å². The molecule has 1 N–H and O–H groups in total. The molecule has 0 aliphatic carbocycles. The second-order valence-electron chi connectivity index (χ2n) is 3.68. The summed E-state index contributed by atoms with van der Waals surface area (Å²) in [5.74, 6) is 0.819. The minimum Gasteiger partial charge on any atom is -0.316 e. The number of thiophene rings is 1. The van der Waals surface area contributed by atoms with E-state index in [1.807, 2.05) is 0 Å². The number of piperidine rings is 1. The van der Waals surface area contributed by atoms with Gasteiger partial charge in [0, 0.05) is 0 Å². The van der Waals surface area contributed by atoms with E-state index in [9.17, 15) is 0 Å². The Labute approximate surface area is 88.1 Å². The molecule has 1 unspecified atom stereocenters. The van der Waals surface area contributed by atoms with Crippen LogP contribution < -0.4 is 5.32 Å². The molecular weight excluding hydrogens is 202 g/mol. The van der Waals surface area contributed by atoms with Gasteiger partial charge in [0.25, 0.3) is 0 Å². The van der Waals surface area contributed by atoms with Crippen molar-refractivity contribution in [2.45, 2.75) is 19.3 Å². The van der Waals surface area contributed by atoms with Gasteiger partial charge in [0.1, 0.15) is 0 Å². The maximum atomic E-state index is 5.88. The average Bonchev–Trinajstić information content (AvgIpc) is 2.53. The molecule has 2 heterocycles. The quantitative estimate of drug-likeness (QED) is 0.800. The minimum atomic E-state index is 0.819. The third kappa shape index (κ3) is 2.70. The first kappa shape index (κ1) is 9.50. The number of rotatable bonds is 2. The lowest BCUT2D eigenvalue weighted by molar-refractivity contribution is 0.376. The third-order valence-electron chi connectivity index (χ3n) is 2.55. The van der Waals surface area contributed by atoms with Crippen LogP contribution in [0.3, 0.4) is 0 Å². The van der Waals surface area contributed by atoms with Crippen LogP contribution in [0.25, 0.3) is 0 Å². The minimum absolute atomic E-state index is 0.819. The number of nitrogens with one attached hydrogen (secondary N) is 1. The van der Waals surface area contributed by atoms with Crippen LogP contribution >= 0.6 is 22.9 Å². The van der Waals surface area contributed by atoms with E-state index in [2.05, 4.69) is 16.8 Å². The number of hydrogen-bond acceptors (Lipinski definition) is 2. The van der Waals surface area contributed by atoms with Gasteiger partial charge in [-0.2, -0.15) is 0 Å². The highest BCUT2D eigenvalue weighted by atomic mass is 35.5. The van der Waals surface area contributed by atoms with Gasteiger partial charge in [-0.1, -0.05) is 11.6 Å². The highest BCUT2D eigenvalue weighted by molar-refractivity contribution is 7.14. The zero-order chi connectivity index (χ0) is 9.10. The molecule has 1 aliphatic rings. The van der Waals surface area contributed by atoms with Gasteiger partial charge in [0.2, 0.25) is 0 Å². The highest BCUT2D eigenvalue weighted by Gasteiger charge is 2.13. The monoisotopic (exact) mass is 215 g/mol. The van der Waals surface area contributed by atoms with E-state index in [4.69, 9.17) is 11.6 Å². The standard InChI is InChI=1S/C10H14ClNS/c11-10-5-9(7-13-10)4-8-2-1-3-12-6-8/h5,7-8,12H,1-4,6H2. The summed E-state index contributed by atoms with van der Waals surface area (Å²) in [6.07, 6.45) is 3.87. The summed E-state index contributed by atoms with van der Waals surface area (Å²) in [5.41, 5.74) is 1.41. The zero-order valence-corrected chi connectivity index (χ0v) is 9.13. The van der Waals surface area contributed by atoms with Gasteiger partial charge in [0.05, 0.1) is 4.34 Å². The molecule has 13 heavy (non-hydrogen) atoms. The Morgan fingerprint density at radius 2 is 2.54 bits per heavy atom. The molecule has 1 aromatic rings. The highest BCUT2D eigenvalue weighted by Crippen LogP contribution is 2.24. The second-order valence-corrected chi connectivity index (χ2v) is 5.22. The summed E-state index contributed by atoms with van der Waals surface area (Å²) in [5, 5.41) is 5.61. The number of hydrogen-bond donors (Lipinski definition) is 1. The summed E-state index contributed by atoms with van der Waals surface area (Å²) < 4.78 is 0.916. The van der Waals surface area contributed by atoms with E-state index < -0.39 is 0 Å². The summed E-state index contributed by atoms with van der Waals surface area (Å²) >= 11 is 7.52. The molecule has 1 aliphatic heterocycles. The molecule has 0 bridgehead atoms. The predicted octanol–water partition coefficient (Wildman–Crippen LogP) is 2.94. The van der Waals surface area contributed by atoms with Crippen LogP contribution in [0.5, 0.6) is 0 Å². The molecule has 0 radical (unpaired) electrons. The number of halogens is 1. The van der Waals surface area contributed by atoms with E-state index in [0.717, 1.165) is 10.3 Å². The average molecular weight is 216 g/mol. The molecule has 1 fully saturated rings. The molecule has 1 atom stereocenters. The topological polar surface area (TPSA) is 12.0 Å². The Bertz CT molecular complexity index is 266. The first-order valence-corrected chi connectivity index (χ1v) is 6.04.